The highest BCUT2D eigenvalue weighted by Crippen LogP contribution is 2.77. The van der Waals surface area contributed by atoms with Gasteiger partial charge in [-0.3, -0.25) is 24.0 Å². The molecule has 10 nitrogen and oxygen atoms in total. The summed E-state index contributed by atoms with van der Waals surface area (Å²) in [6, 6.07) is 0. The van der Waals surface area contributed by atoms with Crippen molar-refractivity contribution in [2.75, 3.05) is 33.2 Å². The Labute approximate surface area is 342 Å². The molecule has 0 spiro atoms. The van der Waals surface area contributed by atoms with Gasteiger partial charge < -0.3 is 25.0 Å². The summed E-state index contributed by atoms with van der Waals surface area (Å²) < 4.78 is 6.41. The van der Waals surface area contributed by atoms with Gasteiger partial charge in [-0.05, 0) is 135 Å². The average molecular weight is 792 g/mol. The van der Waals surface area contributed by atoms with E-state index in [-0.39, 0.29) is 69.6 Å². The SMILES string of the molecule is CC(C)C1=C2[C@H]3CC[C@@H]4[C@@]5(C)CC[C@H](OC(=O)[C@H]6C[C@@H](C(=O)O)C6(C)C)C(C)(C)[C@@H]5CC[C@@]4(C)[C@]3(C)CC[C@@]2(C(=O)NC(C)(C)C(=O)N2CCN(C)CC2)CC1=O. The summed E-state index contributed by atoms with van der Waals surface area (Å²) in [6.07, 6.45) is 7.53. The van der Waals surface area contributed by atoms with E-state index in [4.69, 9.17) is 4.74 Å². The molecular weight excluding hydrogens is 719 g/mol. The molecule has 6 aliphatic carbocycles. The largest absolute Gasteiger partial charge is 0.481 e. The summed E-state index contributed by atoms with van der Waals surface area (Å²) >= 11 is 0. The Morgan fingerprint density at radius 3 is 2.05 bits per heavy atom. The topological polar surface area (TPSA) is 133 Å². The third kappa shape index (κ3) is 6.03. The van der Waals surface area contributed by atoms with Crippen LogP contribution in [0.4, 0.5) is 0 Å². The number of aliphatic carboxylic acids is 1. The van der Waals surface area contributed by atoms with Crippen LogP contribution in [0.3, 0.4) is 0 Å². The first kappa shape index (κ1) is 42.4. The van der Waals surface area contributed by atoms with Crippen LogP contribution >= 0.6 is 0 Å². The lowest BCUT2D eigenvalue weighted by Crippen LogP contribution is -2.67. The highest BCUT2D eigenvalue weighted by Gasteiger charge is 2.71. The highest BCUT2D eigenvalue weighted by molar-refractivity contribution is 6.07. The first-order valence-corrected chi connectivity index (χ1v) is 22.3. The molecule has 10 atom stereocenters. The molecule has 6 fully saturated rings. The monoisotopic (exact) mass is 792 g/mol. The molecule has 10 heteroatoms. The number of Topliss-reactive ketones (excluding diaryl/α,β-unsaturated/α-hetero) is 1. The van der Waals surface area contributed by atoms with Crippen molar-refractivity contribution >= 4 is 29.5 Å². The van der Waals surface area contributed by atoms with Crippen LogP contribution < -0.4 is 5.32 Å². The van der Waals surface area contributed by atoms with Crippen molar-refractivity contribution in [1.29, 1.82) is 0 Å². The quantitative estimate of drug-likeness (QED) is 0.257. The van der Waals surface area contributed by atoms with E-state index in [1.165, 1.54) is 0 Å². The number of likely N-dealkylation sites (N-methyl/N-ethyl adjacent to an activating group) is 1. The lowest BCUT2D eigenvalue weighted by Gasteiger charge is -2.72. The maximum atomic E-state index is 14.9. The maximum Gasteiger partial charge on any atom is 0.309 e. The summed E-state index contributed by atoms with van der Waals surface area (Å²) in [5.41, 5.74) is -1.08. The standard InChI is InChI=1S/C47H73N3O7/c1-27(2)35-31(51)26-47(39(55)48-43(7,8)40(56)50-23-21-49(12)22-24-50)20-19-45(10)28(36(35)47)13-14-33-44(9)17-16-34(42(5,6)32(44)15-18-46(33,45)11)57-38(54)30-25-29(37(52)53)41(30,3)4/h27-30,32-34H,13-26H2,1-12H3,(H,48,55)(H,52,53)/t28-,29+,30-,32+,33-,34+,44+,45-,46-,47-/m1/s1. The fourth-order valence-electron chi connectivity index (χ4n) is 14.9. The number of hydrogen-bond acceptors (Lipinski definition) is 7. The number of ether oxygens (including phenoxy) is 1. The molecule has 1 aliphatic heterocycles. The third-order valence-corrected chi connectivity index (χ3v) is 18.7. The van der Waals surface area contributed by atoms with E-state index in [1.807, 2.05) is 32.6 Å². The number of carbonyl (C=O) groups excluding carboxylic acids is 4. The van der Waals surface area contributed by atoms with Crippen LogP contribution in [0.2, 0.25) is 0 Å². The van der Waals surface area contributed by atoms with Gasteiger partial charge in [0.2, 0.25) is 11.8 Å². The van der Waals surface area contributed by atoms with Crippen molar-refractivity contribution in [1.82, 2.24) is 15.1 Å². The van der Waals surface area contributed by atoms with E-state index in [0.717, 1.165) is 69.2 Å². The van der Waals surface area contributed by atoms with Crippen LogP contribution in [-0.2, 0) is 28.7 Å². The van der Waals surface area contributed by atoms with Gasteiger partial charge >= 0.3 is 11.9 Å². The number of nitrogens with one attached hydrogen (secondary N) is 1. The minimum Gasteiger partial charge on any atom is -0.481 e. The van der Waals surface area contributed by atoms with Crippen LogP contribution in [0.1, 0.15) is 140 Å². The number of carboxylic acid groups (broad SMARTS) is 1. The molecule has 0 aromatic heterocycles. The van der Waals surface area contributed by atoms with Gasteiger partial charge in [-0.2, -0.15) is 0 Å². The molecule has 0 aromatic rings. The molecule has 1 saturated heterocycles. The van der Waals surface area contributed by atoms with Crippen LogP contribution in [0, 0.1) is 68.0 Å². The summed E-state index contributed by atoms with van der Waals surface area (Å²) in [4.78, 5) is 72.5. The van der Waals surface area contributed by atoms with Gasteiger partial charge in [-0.1, -0.05) is 62.3 Å². The van der Waals surface area contributed by atoms with Gasteiger partial charge in [-0.15, -0.1) is 0 Å². The molecule has 2 N–H and O–H groups in total. The van der Waals surface area contributed by atoms with Gasteiger partial charge in [0.15, 0.2) is 5.78 Å². The minimum atomic E-state index is -1.09. The molecule has 7 aliphatic rings. The highest BCUT2D eigenvalue weighted by atomic mass is 16.5. The average Bonchev–Trinajstić information content (AvgIpc) is 3.42. The second-order valence-electron chi connectivity index (χ2n) is 22.7. The van der Waals surface area contributed by atoms with Crippen LogP contribution in [0.15, 0.2) is 11.1 Å². The zero-order valence-electron chi connectivity index (χ0n) is 37.2. The van der Waals surface area contributed by atoms with E-state index in [1.54, 1.807) is 0 Å². The first-order chi connectivity index (χ1) is 26.3. The normalized spacial score (nSPS) is 41.3. The van der Waals surface area contributed by atoms with E-state index >= 15 is 0 Å². The zero-order chi connectivity index (χ0) is 42.1. The van der Waals surface area contributed by atoms with Crippen molar-refractivity contribution in [2.24, 2.45) is 68.0 Å². The van der Waals surface area contributed by atoms with Crippen LogP contribution in [0.5, 0.6) is 0 Å². The Balaban J connectivity index is 1.14. The summed E-state index contributed by atoms with van der Waals surface area (Å²) in [5, 5.41) is 12.9. The predicted molar refractivity (Wildman–Crippen MR) is 219 cm³/mol. The van der Waals surface area contributed by atoms with E-state index in [9.17, 15) is 29.1 Å². The molecule has 0 radical (unpaired) electrons. The van der Waals surface area contributed by atoms with Crippen molar-refractivity contribution in [2.45, 2.75) is 152 Å². The van der Waals surface area contributed by atoms with Gasteiger partial charge in [0.1, 0.15) is 11.6 Å². The number of allylic oxidation sites excluding steroid dienone is 1. The number of nitrogens with zero attached hydrogens (tertiary/aromatic N) is 2. The Kier molecular flexibility index (Phi) is 10.1. The maximum absolute atomic E-state index is 14.9. The minimum absolute atomic E-state index is 0.00241. The number of hydrogen-bond donors (Lipinski definition) is 2. The number of rotatable bonds is 7. The van der Waals surface area contributed by atoms with Gasteiger partial charge in [0.05, 0.1) is 17.3 Å². The molecule has 1 heterocycles. The second-order valence-corrected chi connectivity index (χ2v) is 22.7. The number of piperazine rings is 1. The smallest absolute Gasteiger partial charge is 0.309 e. The van der Waals surface area contributed by atoms with Crippen molar-refractivity contribution in [3.8, 4) is 0 Å². The number of fused-ring (bicyclic) bond motifs is 7. The number of carbonyl (C=O) groups is 5. The van der Waals surface area contributed by atoms with Crippen LogP contribution in [-0.4, -0.2) is 89.3 Å². The van der Waals surface area contributed by atoms with Gasteiger partial charge in [-0.25, -0.2) is 0 Å². The van der Waals surface area contributed by atoms with Crippen molar-refractivity contribution in [3.63, 3.8) is 0 Å². The van der Waals surface area contributed by atoms with E-state index in [2.05, 4.69) is 65.7 Å². The lowest BCUT2D eigenvalue weighted by molar-refractivity contribution is -0.236. The third-order valence-electron chi connectivity index (χ3n) is 18.7. The Bertz CT molecular complexity index is 1760. The van der Waals surface area contributed by atoms with Gasteiger partial charge in [0, 0.05) is 38.0 Å². The molecule has 318 valence electrons. The van der Waals surface area contributed by atoms with Crippen LogP contribution in [0.25, 0.3) is 0 Å². The molecule has 2 amide bonds. The van der Waals surface area contributed by atoms with E-state index in [0.29, 0.717) is 37.8 Å². The number of ketones is 1. The fourth-order valence-corrected chi connectivity index (χ4v) is 14.9. The summed E-state index contributed by atoms with van der Waals surface area (Å²) in [6.45, 7) is 26.6. The number of carboxylic acids is 1. The predicted octanol–water partition coefficient (Wildman–Crippen LogP) is 7.29. The Morgan fingerprint density at radius 2 is 1.46 bits per heavy atom. The molecule has 57 heavy (non-hydrogen) atoms. The number of amides is 2. The van der Waals surface area contributed by atoms with Crippen molar-refractivity contribution in [3.05, 3.63) is 11.1 Å². The second kappa shape index (κ2) is 13.6. The summed E-state index contributed by atoms with van der Waals surface area (Å²) in [7, 11) is 2.06. The molecule has 0 aromatic carbocycles. The van der Waals surface area contributed by atoms with Crippen molar-refractivity contribution < 1.29 is 33.8 Å². The number of esters is 1. The molecule has 0 bridgehead atoms. The lowest BCUT2D eigenvalue weighted by atomic mass is 9.33. The first-order valence-electron chi connectivity index (χ1n) is 22.3. The van der Waals surface area contributed by atoms with Gasteiger partial charge in [0.25, 0.3) is 0 Å². The Morgan fingerprint density at radius 1 is 0.807 bits per heavy atom. The fraction of sp³-hybridized carbons (Fsp3) is 0.851. The molecular formula is C47H73N3O7. The molecule has 0 unspecified atom stereocenters. The Hall–Kier alpha value is -2.75. The molecule has 7 rings (SSSR count). The van der Waals surface area contributed by atoms with E-state index < -0.39 is 34.2 Å². The summed E-state index contributed by atoms with van der Waals surface area (Å²) in [5.74, 6) is -1.24. The molecule has 5 saturated carbocycles. The zero-order valence-corrected chi connectivity index (χ0v) is 37.2.